The molecule has 0 N–H and O–H groups in total. The van der Waals surface area contributed by atoms with Crippen LogP contribution in [0.1, 0.15) is 36.2 Å². The molecule has 25 heavy (non-hydrogen) atoms. The molecule has 0 spiro atoms. The smallest absolute Gasteiger partial charge is 0.274 e. The molecule has 3 heterocycles. The van der Waals surface area contributed by atoms with Crippen LogP contribution in [0.5, 0.6) is 0 Å². The molecule has 1 aliphatic carbocycles. The molecule has 0 radical (unpaired) electrons. The van der Waals surface area contributed by atoms with Crippen LogP contribution in [-0.2, 0) is 4.74 Å². The number of fused-ring (bicyclic) bond motifs is 1. The molecule has 1 amide bonds. The van der Waals surface area contributed by atoms with Gasteiger partial charge in [0.2, 0.25) is 0 Å². The van der Waals surface area contributed by atoms with Gasteiger partial charge in [-0.15, -0.1) is 0 Å². The normalized spacial score (nSPS) is 30.1. The fourth-order valence-corrected chi connectivity index (χ4v) is 4.30. The number of piperidine rings is 1. The van der Waals surface area contributed by atoms with Gasteiger partial charge in [0.25, 0.3) is 5.91 Å². The first kappa shape index (κ1) is 16.7. The summed E-state index contributed by atoms with van der Waals surface area (Å²) in [4.78, 5) is 25.6. The lowest BCUT2D eigenvalue weighted by molar-refractivity contribution is -0.0919. The van der Waals surface area contributed by atoms with Crippen molar-refractivity contribution in [3.8, 4) is 0 Å². The summed E-state index contributed by atoms with van der Waals surface area (Å²) >= 11 is 0. The number of nitrogens with zero attached hydrogens (tertiary/aromatic N) is 4. The second kappa shape index (κ2) is 7.62. The molecule has 134 valence electrons. The Kier molecular flexibility index (Phi) is 5.08. The molecule has 2 aliphatic heterocycles. The summed E-state index contributed by atoms with van der Waals surface area (Å²) in [5, 5.41) is 0. The molecule has 0 aromatic carbocycles. The topological polar surface area (TPSA) is 58.6 Å². The van der Waals surface area contributed by atoms with Crippen molar-refractivity contribution in [2.45, 2.75) is 37.8 Å². The second-order valence-electron chi connectivity index (χ2n) is 7.26. The summed E-state index contributed by atoms with van der Waals surface area (Å²) in [5.41, 5.74) is 0.428. The highest BCUT2D eigenvalue weighted by Crippen LogP contribution is 2.27. The average Bonchev–Trinajstić information content (AvgIpc) is 2.68. The summed E-state index contributed by atoms with van der Waals surface area (Å²) in [6.07, 6.45) is 14.1. The van der Waals surface area contributed by atoms with E-state index >= 15 is 0 Å². The minimum atomic E-state index is -0.0196. The Bertz CT molecular complexity index is 621. The molecule has 0 unspecified atom stereocenters. The molecule has 3 aliphatic rings. The molecular formula is C19H26N4O2. The Balaban J connectivity index is 1.44. The number of carbonyl (C=O) groups is 1. The number of aromatic nitrogens is 2. The predicted molar refractivity (Wildman–Crippen MR) is 94.1 cm³/mol. The lowest BCUT2D eigenvalue weighted by Crippen LogP contribution is -2.61. The van der Waals surface area contributed by atoms with E-state index in [1.165, 1.54) is 19.3 Å². The van der Waals surface area contributed by atoms with E-state index < -0.39 is 0 Å². The maximum Gasteiger partial charge on any atom is 0.274 e. The van der Waals surface area contributed by atoms with Crippen LogP contribution in [0.2, 0.25) is 0 Å². The third-order valence-corrected chi connectivity index (χ3v) is 5.61. The first-order valence-corrected chi connectivity index (χ1v) is 9.37. The zero-order valence-corrected chi connectivity index (χ0v) is 14.6. The number of carbonyl (C=O) groups excluding carboxylic acids is 1. The van der Waals surface area contributed by atoms with Crippen LogP contribution in [0.15, 0.2) is 30.7 Å². The number of morpholine rings is 1. The predicted octanol–water partition coefficient (Wildman–Crippen LogP) is 1.75. The molecule has 1 aromatic rings. The molecule has 6 heteroatoms. The van der Waals surface area contributed by atoms with E-state index in [0.717, 1.165) is 32.0 Å². The van der Waals surface area contributed by atoms with E-state index in [2.05, 4.69) is 27.0 Å². The van der Waals surface area contributed by atoms with Gasteiger partial charge in [0, 0.05) is 38.6 Å². The lowest BCUT2D eigenvalue weighted by atomic mass is 9.92. The number of likely N-dealkylation sites (tertiary alicyclic amines) is 1. The Hall–Kier alpha value is -1.79. The molecule has 1 aromatic heterocycles. The van der Waals surface area contributed by atoms with Gasteiger partial charge < -0.3 is 14.5 Å². The van der Waals surface area contributed by atoms with Gasteiger partial charge >= 0.3 is 0 Å². The van der Waals surface area contributed by atoms with E-state index in [1.807, 2.05) is 4.90 Å². The SMILES string of the molecule is O=C(c1cnccn1)N1CCO[C@H]2CCN(C[C@H]3CC=CCC3)C[C@@H]21. The van der Waals surface area contributed by atoms with Crippen molar-refractivity contribution in [1.29, 1.82) is 0 Å². The van der Waals surface area contributed by atoms with Crippen LogP contribution < -0.4 is 0 Å². The molecule has 6 nitrogen and oxygen atoms in total. The van der Waals surface area contributed by atoms with E-state index in [0.29, 0.717) is 18.8 Å². The van der Waals surface area contributed by atoms with Crippen molar-refractivity contribution in [1.82, 2.24) is 19.8 Å². The summed E-state index contributed by atoms with van der Waals surface area (Å²) < 4.78 is 5.97. The minimum Gasteiger partial charge on any atom is -0.374 e. The number of allylic oxidation sites excluding steroid dienone is 2. The van der Waals surface area contributed by atoms with Crippen molar-refractivity contribution in [2.24, 2.45) is 5.92 Å². The minimum absolute atomic E-state index is 0.0196. The molecular weight excluding hydrogens is 316 g/mol. The van der Waals surface area contributed by atoms with Crippen LogP contribution in [0.4, 0.5) is 0 Å². The van der Waals surface area contributed by atoms with Gasteiger partial charge in [0.15, 0.2) is 0 Å². The second-order valence-corrected chi connectivity index (χ2v) is 7.26. The van der Waals surface area contributed by atoms with Crippen LogP contribution in [0, 0.1) is 5.92 Å². The zero-order valence-electron chi connectivity index (χ0n) is 14.6. The first-order chi connectivity index (χ1) is 12.3. The fourth-order valence-electron chi connectivity index (χ4n) is 4.30. The van der Waals surface area contributed by atoms with Gasteiger partial charge in [0.1, 0.15) is 5.69 Å². The third kappa shape index (κ3) is 3.75. The van der Waals surface area contributed by atoms with Crippen molar-refractivity contribution < 1.29 is 9.53 Å². The maximum atomic E-state index is 12.9. The summed E-state index contributed by atoms with van der Waals surface area (Å²) in [6, 6.07) is 0.121. The van der Waals surface area contributed by atoms with Crippen LogP contribution in [-0.4, -0.2) is 70.6 Å². The van der Waals surface area contributed by atoms with E-state index in [9.17, 15) is 4.79 Å². The fraction of sp³-hybridized carbons (Fsp3) is 0.632. The highest BCUT2D eigenvalue weighted by molar-refractivity contribution is 5.92. The van der Waals surface area contributed by atoms with Gasteiger partial charge in [-0.25, -0.2) is 4.98 Å². The summed E-state index contributed by atoms with van der Waals surface area (Å²) in [7, 11) is 0. The zero-order chi connectivity index (χ0) is 17.1. The van der Waals surface area contributed by atoms with Gasteiger partial charge in [-0.2, -0.15) is 0 Å². The molecule has 2 saturated heterocycles. The van der Waals surface area contributed by atoms with Crippen LogP contribution in [0.3, 0.4) is 0 Å². The molecule has 0 bridgehead atoms. The highest BCUT2D eigenvalue weighted by Gasteiger charge is 2.40. The number of hydrogen-bond acceptors (Lipinski definition) is 5. The van der Waals surface area contributed by atoms with Gasteiger partial charge in [0.05, 0.1) is 24.9 Å². The summed E-state index contributed by atoms with van der Waals surface area (Å²) in [6.45, 7) is 4.34. The molecule has 3 atom stereocenters. The molecule has 2 fully saturated rings. The van der Waals surface area contributed by atoms with Crippen molar-refractivity contribution in [3.05, 3.63) is 36.4 Å². The number of hydrogen-bond donors (Lipinski definition) is 0. The number of ether oxygens (including phenoxy) is 1. The van der Waals surface area contributed by atoms with Gasteiger partial charge in [-0.1, -0.05) is 12.2 Å². The maximum absolute atomic E-state index is 12.9. The van der Waals surface area contributed by atoms with Crippen molar-refractivity contribution in [3.63, 3.8) is 0 Å². The Morgan fingerprint density at radius 2 is 2.20 bits per heavy atom. The Morgan fingerprint density at radius 3 is 3.00 bits per heavy atom. The Morgan fingerprint density at radius 1 is 1.24 bits per heavy atom. The quantitative estimate of drug-likeness (QED) is 0.783. The van der Waals surface area contributed by atoms with E-state index in [1.54, 1.807) is 18.6 Å². The lowest BCUT2D eigenvalue weighted by Gasteiger charge is -2.47. The van der Waals surface area contributed by atoms with Crippen LogP contribution >= 0.6 is 0 Å². The van der Waals surface area contributed by atoms with E-state index in [-0.39, 0.29) is 18.1 Å². The summed E-state index contributed by atoms with van der Waals surface area (Å²) in [5.74, 6) is 0.726. The number of amides is 1. The molecule has 0 saturated carbocycles. The largest absolute Gasteiger partial charge is 0.374 e. The van der Waals surface area contributed by atoms with Crippen molar-refractivity contribution in [2.75, 3.05) is 32.8 Å². The van der Waals surface area contributed by atoms with Crippen LogP contribution in [0.25, 0.3) is 0 Å². The standard InChI is InChI=1S/C19H26N4O2/c24-19(16-12-20-7-8-21-16)23-10-11-25-18-6-9-22(14-17(18)23)13-15-4-2-1-3-5-15/h1-2,7-8,12,15,17-18H,3-6,9-11,13-14H2/t15-,17-,18-/m0/s1. The Labute approximate surface area is 148 Å². The van der Waals surface area contributed by atoms with Gasteiger partial charge in [-0.05, 0) is 31.6 Å². The average molecular weight is 342 g/mol. The van der Waals surface area contributed by atoms with Crippen molar-refractivity contribution >= 4 is 5.91 Å². The van der Waals surface area contributed by atoms with Gasteiger partial charge in [-0.3, -0.25) is 9.78 Å². The first-order valence-electron chi connectivity index (χ1n) is 9.37. The number of rotatable bonds is 3. The molecule has 4 rings (SSSR count). The monoisotopic (exact) mass is 342 g/mol. The van der Waals surface area contributed by atoms with E-state index in [4.69, 9.17) is 4.74 Å². The highest BCUT2D eigenvalue weighted by atomic mass is 16.5. The third-order valence-electron chi connectivity index (χ3n) is 5.61.